The van der Waals surface area contributed by atoms with Gasteiger partial charge in [-0.25, -0.2) is 17.5 Å². The molecule has 0 fully saturated rings. The van der Waals surface area contributed by atoms with Crippen LogP contribution in [-0.2, 0) is 14.8 Å². The Bertz CT molecular complexity index is 647. The van der Waals surface area contributed by atoms with E-state index < -0.39 is 27.2 Å². The third-order valence-corrected chi connectivity index (χ3v) is 4.58. The Balaban J connectivity index is 3.07. The minimum atomic E-state index is -4.03. The van der Waals surface area contributed by atoms with Crippen LogP contribution >= 0.6 is 11.6 Å². The molecule has 9 heteroatoms. The van der Waals surface area contributed by atoms with Crippen LogP contribution in [0.15, 0.2) is 17.0 Å². The van der Waals surface area contributed by atoms with Gasteiger partial charge in [0.15, 0.2) is 0 Å². The van der Waals surface area contributed by atoms with Gasteiger partial charge in [-0.05, 0) is 26.0 Å². The third-order valence-electron chi connectivity index (χ3n) is 2.71. The Kier molecular flexibility index (Phi) is 4.62. The van der Waals surface area contributed by atoms with Gasteiger partial charge in [0.2, 0.25) is 15.9 Å². The number of primary amides is 1. The van der Waals surface area contributed by atoms with Gasteiger partial charge in [0.05, 0.1) is 16.1 Å². The standard InChI is InChI=1S/C11H15ClFN3O3S/c1-11(2,10(15)17)5-16-20(18,19)9-4-8(14)7(13)3-6(9)12/h3-4,16H,5,14H2,1-2H3,(H2,15,17). The average Bonchev–Trinajstić information content (AvgIpc) is 2.31. The molecule has 0 atom stereocenters. The number of carbonyl (C=O) groups excluding carboxylic acids is 1. The van der Waals surface area contributed by atoms with Crippen molar-refractivity contribution in [2.45, 2.75) is 18.7 Å². The molecule has 1 rings (SSSR count). The molecule has 0 heterocycles. The van der Waals surface area contributed by atoms with Crippen LogP contribution < -0.4 is 16.2 Å². The van der Waals surface area contributed by atoms with Crippen LogP contribution in [0.3, 0.4) is 0 Å². The predicted molar refractivity (Wildman–Crippen MR) is 74.0 cm³/mol. The van der Waals surface area contributed by atoms with Crippen LogP contribution in [0.4, 0.5) is 10.1 Å². The van der Waals surface area contributed by atoms with E-state index in [2.05, 4.69) is 4.72 Å². The van der Waals surface area contributed by atoms with Crippen molar-refractivity contribution >= 4 is 33.2 Å². The summed E-state index contributed by atoms with van der Waals surface area (Å²) in [5.74, 6) is -1.48. The molecule has 1 aromatic carbocycles. The highest BCUT2D eigenvalue weighted by Crippen LogP contribution is 2.26. The van der Waals surface area contributed by atoms with E-state index in [4.69, 9.17) is 23.1 Å². The molecule has 1 amide bonds. The zero-order valence-corrected chi connectivity index (χ0v) is 12.5. The molecule has 5 N–H and O–H groups in total. The first kappa shape index (κ1) is 16.7. The first-order valence-corrected chi connectivity index (χ1v) is 7.37. The fraction of sp³-hybridized carbons (Fsp3) is 0.364. The van der Waals surface area contributed by atoms with Gasteiger partial charge in [-0.15, -0.1) is 0 Å². The maximum atomic E-state index is 13.1. The van der Waals surface area contributed by atoms with E-state index in [1.165, 1.54) is 13.8 Å². The van der Waals surface area contributed by atoms with Crippen LogP contribution in [0.1, 0.15) is 13.8 Å². The first-order valence-electron chi connectivity index (χ1n) is 5.51. The van der Waals surface area contributed by atoms with Crippen molar-refractivity contribution in [3.05, 3.63) is 23.0 Å². The molecule has 1 aromatic rings. The summed E-state index contributed by atoms with van der Waals surface area (Å²) in [4.78, 5) is 10.8. The van der Waals surface area contributed by atoms with Gasteiger partial charge >= 0.3 is 0 Å². The molecule has 0 aromatic heterocycles. The molecule has 0 aliphatic rings. The number of hydrogen-bond acceptors (Lipinski definition) is 4. The van der Waals surface area contributed by atoms with Crippen LogP contribution in [0.5, 0.6) is 0 Å². The van der Waals surface area contributed by atoms with Crippen LogP contribution in [0.25, 0.3) is 0 Å². The van der Waals surface area contributed by atoms with Crippen molar-refractivity contribution in [1.29, 1.82) is 0 Å². The molecule has 0 saturated heterocycles. The molecule has 112 valence electrons. The molecule has 0 radical (unpaired) electrons. The summed E-state index contributed by atoms with van der Waals surface area (Å²) >= 11 is 5.69. The SMILES string of the molecule is CC(C)(CNS(=O)(=O)c1cc(N)c(F)cc1Cl)C(N)=O. The van der Waals surface area contributed by atoms with Gasteiger partial charge in [0, 0.05) is 6.54 Å². The van der Waals surface area contributed by atoms with Crippen LogP contribution in [0, 0.1) is 11.2 Å². The fourth-order valence-corrected chi connectivity index (χ4v) is 2.95. The lowest BCUT2D eigenvalue weighted by Gasteiger charge is -2.21. The second kappa shape index (κ2) is 5.55. The third kappa shape index (κ3) is 3.59. The van der Waals surface area contributed by atoms with E-state index in [1.54, 1.807) is 0 Å². The lowest BCUT2D eigenvalue weighted by atomic mass is 9.93. The molecular formula is C11H15ClFN3O3S. The number of anilines is 1. The van der Waals surface area contributed by atoms with Gasteiger partial charge in [-0.1, -0.05) is 11.6 Å². The Labute approximate surface area is 121 Å². The van der Waals surface area contributed by atoms with Gasteiger partial charge in [0.1, 0.15) is 10.7 Å². The number of halogens is 2. The van der Waals surface area contributed by atoms with E-state index in [1.807, 2.05) is 0 Å². The number of hydrogen-bond donors (Lipinski definition) is 3. The summed E-state index contributed by atoms with van der Waals surface area (Å²) in [6, 6.07) is 1.72. The van der Waals surface area contributed by atoms with Gasteiger partial charge in [-0.2, -0.15) is 0 Å². The lowest BCUT2D eigenvalue weighted by molar-refractivity contribution is -0.125. The van der Waals surface area contributed by atoms with Gasteiger partial charge in [0.25, 0.3) is 0 Å². The molecule has 0 aliphatic carbocycles. The van der Waals surface area contributed by atoms with E-state index in [0.29, 0.717) is 0 Å². The van der Waals surface area contributed by atoms with Crippen molar-refractivity contribution in [3.8, 4) is 0 Å². The van der Waals surface area contributed by atoms with Gasteiger partial charge in [-0.3, -0.25) is 4.79 Å². The Morgan fingerprint density at radius 1 is 1.45 bits per heavy atom. The van der Waals surface area contributed by atoms with Crippen LogP contribution in [-0.4, -0.2) is 20.9 Å². The van der Waals surface area contributed by atoms with E-state index in [9.17, 15) is 17.6 Å². The summed E-state index contributed by atoms with van der Waals surface area (Å²) in [5.41, 5.74) is 9.04. The smallest absolute Gasteiger partial charge is 0.242 e. The molecule has 20 heavy (non-hydrogen) atoms. The number of benzene rings is 1. The molecular weight excluding hydrogens is 309 g/mol. The molecule has 0 spiro atoms. The number of carbonyl (C=O) groups is 1. The summed E-state index contributed by atoms with van der Waals surface area (Å²) in [6.07, 6.45) is 0. The lowest BCUT2D eigenvalue weighted by Crippen LogP contribution is -2.42. The van der Waals surface area contributed by atoms with Crippen molar-refractivity contribution in [3.63, 3.8) is 0 Å². The number of nitrogens with one attached hydrogen (secondary N) is 1. The first-order chi connectivity index (χ1) is 8.97. The number of rotatable bonds is 5. The maximum Gasteiger partial charge on any atom is 0.242 e. The molecule has 0 aliphatic heterocycles. The molecule has 6 nitrogen and oxygen atoms in total. The minimum absolute atomic E-state index is 0.224. The second-order valence-corrected chi connectivity index (χ2v) is 7.02. The zero-order valence-electron chi connectivity index (χ0n) is 10.9. The highest BCUT2D eigenvalue weighted by Gasteiger charge is 2.28. The van der Waals surface area contributed by atoms with Crippen molar-refractivity contribution in [2.75, 3.05) is 12.3 Å². The van der Waals surface area contributed by atoms with Crippen LogP contribution in [0.2, 0.25) is 5.02 Å². The molecule has 0 saturated carbocycles. The highest BCUT2D eigenvalue weighted by molar-refractivity contribution is 7.89. The number of nitrogen functional groups attached to an aromatic ring is 1. The summed E-state index contributed by atoms with van der Waals surface area (Å²) in [6.45, 7) is 2.75. The van der Waals surface area contributed by atoms with E-state index in [-0.39, 0.29) is 22.2 Å². The van der Waals surface area contributed by atoms with Gasteiger partial charge < -0.3 is 11.5 Å². The topological polar surface area (TPSA) is 115 Å². The predicted octanol–water partition coefficient (Wildman–Crippen LogP) is 0.851. The normalized spacial score (nSPS) is 12.4. The largest absolute Gasteiger partial charge is 0.396 e. The second-order valence-electron chi connectivity index (χ2n) is 4.88. The summed E-state index contributed by atoms with van der Waals surface area (Å²) < 4.78 is 39.5. The molecule has 0 unspecified atom stereocenters. The number of sulfonamides is 1. The van der Waals surface area contributed by atoms with Crippen molar-refractivity contribution < 1.29 is 17.6 Å². The number of nitrogens with two attached hydrogens (primary N) is 2. The quantitative estimate of drug-likeness (QED) is 0.697. The monoisotopic (exact) mass is 323 g/mol. The van der Waals surface area contributed by atoms with Crippen molar-refractivity contribution in [1.82, 2.24) is 4.72 Å². The summed E-state index contributed by atoms with van der Waals surface area (Å²) in [5, 5.41) is -0.305. The highest BCUT2D eigenvalue weighted by atomic mass is 35.5. The minimum Gasteiger partial charge on any atom is -0.396 e. The fourth-order valence-electron chi connectivity index (χ4n) is 1.19. The molecule has 0 bridgehead atoms. The zero-order chi connectivity index (χ0) is 15.7. The average molecular weight is 324 g/mol. The van der Waals surface area contributed by atoms with E-state index >= 15 is 0 Å². The summed E-state index contributed by atoms with van der Waals surface area (Å²) in [7, 11) is -4.03. The Morgan fingerprint density at radius 2 is 2.00 bits per heavy atom. The van der Waals surface area contributed by atoms with E-state index in [0.717, 1.165) is 12.1 Å². The Hall–Kier alpha value is -1.38. The van der Waals surface area contributed by atoms with Crippen molar-refractivity contribution in [2.24, 2.45) is 11.1 Å². The Morgan fingerprint density at radius 3 is 2.50 bits per heavy atom. The number of amides is 1. The maximum absolute atomic E-state index is 13.1.